The summed E-state index contributed by atoms with van der Waals surface area (Å²) in [6, 6.07) is 12.5. The number of carbonyl (C=O) groups excluding carboxylic acids is 1. The van der Waals surface area contributed by atoms with E-state index < -0.39 is 12.7 Å². The van der Waals surface area contributed by atoms with Crippen molar-refractivity contribution < 1.29 is 29.6 Å². The average Bonchev–Trinajstić information content (AvgIpc) is 3.28. The number of anilines is 1. The van der Waals surface area contributed by atoms with Crippen LogP contribution < -0.4 is 14.9 Å². The minimum atomic E-state index is -1.12. The summed E-state index contributed by atoms with van der Waals surface area (Å²) in [6.07, 6.45) is 1.64. The topological polar surface area (TPSA) is 146 Å². The lowest BCUT2D eigenvalue weighted by Gasteiger charge is -2.11. The molecule has 11 heteroatoms. The number of nitrogens with one attached hydrogen (secondary N) is 1. The van der Waals surface area contributed by atoms with Crippen LogP contribution in [0.25, 0.3) is 20.7 Å². The summed E-state index contributed by atoms with van der Waals surface area (Å²) in [5, 5.41) is 33.2. The Balaban J connectivity index is 1.74. The molecular weight excluding hydrogens is 508 g/mol. The summed E-state index contributed by atoms with van der Waals surface area (Å²) in [4.78, 5) is 22.4. The number of nitrogens with zero attached hydrogens (tertiary/aromatic N) is 3. The second kappa shape index (κ2) is 12.5. The molecule has 2 heterocycles. The number of phenols is 1. The molecular formula is C27H28N4O6S. The molecule has 0 bridgehead atoms. The number of aromatic nitrogens is 2. The first-order valence-electron chi connectivity index (χ1n) is 11.9. The maximum absolute atomic E-state index is 12.8. The fraction of sp³-hybridized carbons (Fsp3) is 0.259. The number of carbonyl (C=O) groups is 1. The van der Waals surface area contributed by atoms with E-state index in [1.165, 1.54) is 37.1 Å². The highest BCUT2D eigenvalue weighted by Crippen LogP contribution is 2.44. The number of hydrogen-bond acceptors (Lipinski definition) is 11. The number of hydrazone groups is 1. The van der Waals surface area contributed by atoms with E-state index in [9.17, 15) is 20.1 Å². The summed E-state index contributed by atoms with van der Waals surface area (Å²) in [6.45, 7) is 1.88. The fourth-order valence-corrected chi connectivity index (χ4v) is 5.15. The van der Waals surface area contributed by atoms with Crippen LogP contribution in [0.3, 0.4) is 0 Å². The molecule has 0 aliphatic heterocycles. The molecule has 1 unspecified atom stereocenters. The van der Waals surface area contributed by atoms with Crippen molar-refractivity contribution in [3.63, 3.8) is 0 Å². The van der Waals surface area contributed by atoms with Gasteiger partial charge in [-0.3, -0.25) is 10.2 Å². The number of ether oxygens (including phenoxy) is 2. The lowest BCUT2D eigenvalue weighted by Crippen LogP contribution is -2.18. The Morgan fingerprint density at radius 1 is 1.21 bits per heavy atom. The normalized spacial score (nSPS) is 12.1. The van der Waals surface area contributed by atoms with E-state index in [1.54, 1.807) is 12.1 Å². The van der Waals surface area contributed by atoms with Crippen LogP contribution in [0, 0.1) is 0 Å². The first-order chi connectivity index (χ1) is 18.4. The Hall–Kier alpha value is -4.06. The lowest BCUT2D eigenvalue weighted by atomic mass is 10.0. The molecule has 0 fully saturated rings. The van der Waals surface area contributed by atoms with Crippen LogP contribution in [0.1, 0.15) is 24.5 Å². The zero-order chi connectivity index (χ0) is 27.1. The van der Waals surface area contributed by atoms with E-state index in [2.05, 4.69) is 20.5 Å². The van der Waals surface area contributed by atoms with Crippen LogP contribution in [0.4, 0.5) is 5.82 Å². The predicted octanol–water partition coefficient (Wildman–Crippen LogP) is 3.77. The highest BCUT2D eigenvalue weighted by Gasteiger charge is 2.23. The van der Waals surface area contributed by atoms with Gasteiger partial charge < -0.3 is 24.8 Å². The highest BCUT2D eigenvalue weighted by molar-refractivity contribution is 7.23. The van der Waals surface area contributed by atoms with Crippen molar-refractivity contribution in [3.05, 3.63) is 59.9 Å². The van der Waals surface area contributed by atoms with Crippen molar-refractivity contribution >= 4 is 39.4 Å². The molecule has 0 saturated heterocycles. The Labute approximate surface area is 223 Å². The van der Waals surface area contributed by atoms with Crippen LogP contribution in [-0.2, 0) is 11.2 Å². The molecule has 10 nitrogen and oxygen atoms in total. The minimum Gasteiger partial charge on any atom is -0.504 e. The van der Waals surface area contributed by atoms with Gasteiger partial charge in [0.2, 0.25) is 0 Å². The second-order valence-corrected chi connectivity index (χ2v) is 9.32. The summed E-state index contributed by atoms with van der Waals surface area (Å²) in [5.74, 6) is 1.24. The molecule has 1 atom stereocenters. The van der Waals surface area contributed by atoms with Crippen LogP contribution in [-0.4, -0.2) is 63.7 Å². The van der Waals surface area contributed by atoms with E-state index in [-0.39, 0.29) is 24.4 Å². The van der Waals surface area contributed by atoms with Gasteiger partial charge in [-0.2, -0.15) is 5.10 Å². The largest absolute Gasteiger partial charge is 0.504 e. The number of thiophene rings is 1. The zero-order valence-corrected chi connectivity index (χ0v) is 21.7. The van der Waals surface area contributed by atoms with Gasteiger partial charge in [-0.25, -0.2) is 9.97 Å². The van der Waals surface area contributed by atoms with E-state index in [1.807, 2.05) is 31.2 Å². The third kappa shape index (κ3) is 6.08. The second-order valence-electron chi connectivity index (χ2n) is 8.30. The standard InChI is InChI=1S/C27H28N4O6S/c1-3-37-22-7-5-4-6-19(22)25-20(12-17(33)11-18(34)14-32)24-26(38-25)27(29-15-28-24)31-30-13-16-8-9-23(36-2)21(35)10-16/h4-10,13,15,18,32,34-35H,3,11-12,14H2,1-2H3,(H,28,29,31). The SMILES string of the molecule is CCOc1ccccc1-c1sc2c(NN=Cc3ccc(OC)c(O)c3)ncnc2c1CC(=O)CC(O)CO. The Morgan fingerprint density at radius 2 is 2.03 bits per heavy atom. The molecule has 0 radical (unpaired) electrons. The van der Waals surface area contributed by atoms with Gasteiger partial charge in [0.1, 0.15) is 17.9 Å². The zero-order valence-electron chi connectivity index (χ0n) is 20.9. The van der Waals surface area contributed by atoms with E-state index in [0.29, 0.717) is 45.3 Å². The van der Waals surface area contributed by atoms with Crippen molar-refractivity contribution in [2.45, 2.75) is 25.9 Å². The van der Waals surface area contributed by atoms with Crippen molar-refractivity contribution in [1.29, 1.82) is 0 Å². The quantitative estimate of drug-likeness (QED) is 0.157. The third-order valence-corrected chi connectivity index (χ3v) is 6.90. The van der Waals surface area contributed by atoms with E-state index in [0.717, 1.165) is 10.4 Å². The number of ketones is 1. The predicted molar refractivity (Wildman–Crippen MR) is 146 cm³/mol. The van der Waals surface area contributed by atoms with Gasteiger partial charge in [0.15, 0.2) is 17.3 Å². The van der Waals surface area contributed by atoms with Crippen molar-refractivity contribution in [1.82, 2.24) is 9.97 Å². The van der Waals surface area contributed by atoms with Crippen molar-refractivity contribution in [3.8, 4) is 27.7 Å². The van der Waals surface area contributed by atoms with Gasteiger partial charge in [0.05, 0.1) is 42.9 Å². The van der Waals surface area contributed by atoms with E-state index >= 15 is 0 Å². The summed E-state index contributed by atoms with van der Waals surface area (Å²) < 4.78 is 11.6. The smallest absolute Gasteiger partial charge is 0.167 e. The monoisotopic (exact) mass is 536 g/mol. The first kappa shape index (κ1) is 27.0. The Bertz CT molecular complexity index is 1460. The van der Waals surface area contributed by atoms with Gasteiger partial charge in [0, 0.05) is 28.8 Å². The molecule has 4 aromatic rings. The molecule has 2 aromatic carbocycles. The van der Waals surface area contributed by atoms with Crippen LogP contribution >= 0.6 is 11.3 Å². The first-order valence-corrected chi connectivity index (χ1v) is 12.7. The molecule has 4 rings (SSSR count). The van der Waals surface area contributed by atoms with Crippen molar-refractivity contribution in [2.24, 2.45) is 5.10 Å². The number of methoxy groups -OCH3 is 1. The molecule has 198 valence electrons. The number of aliphatic hydroxyl groups is 2. The van der Waals surface area contributed by atoms with Gasteiger partial charge >= 0.3 is 0 Å². The molecule has 0 spiro atoms. The number of rotatable bonds is 12. The average molecular weight is 537 g/mol. The molecule has 0 aliphatic carbocycles. The van der Waals surface area contributed by atoms with Crippen LogP contribution in [0.2, 0.25) is 0 Å². The molecule has 2 aromatic heterocycles. The van der Waals surface area contributed by atoms with Crippen molar-refractivity contribution in [2.75, 3.05) is 25.7 Å². The minimum absolute atomic E-state index is 0.00244. The summed E-state index contributed by atoms with van der Waals surface area (Å²) in [7, 11) is 1.48. The maximum Gasteiger partial charge on any atom is 0.167 e. The molecule has 4 N–H and O–H groups in total. The molecule has 0 saturated carbocycles. The number of aromatic hydroxyl groups is 1. The van der Waals surface area contributed by atoms with Gasteiger partial charge in [-0.15, -0.1) is 11.3 Å². The number of para-hydroxylation sites is 1. The maximum atomic E-state index is 12.8. The number of hydrogen-bond donors (Lipinski definition) is 4. The number of benzene rings is 2. The summed E-state index contributed by atoms with van der Waals surface area (Å²) >= 11 is 1.40. The molecule has 0 amide bonds. The van der Waals surface area contributed by atoms with Gasteiger partial charge in [0.25, 0.3) is 0 Å². The Kier molecular flexibility index (Phi) is 8.85. The van der Waals surface area contributed by atoms with Crippen LogP contribution in [0.5, 0.6) is 17.2 Å². The van der Waals surface area contributed by atoms with Gasteiger partial charge in [-0.1, -0.05) is 12.1 Å². The summed E-state index contributed by atoms with van der Waals surface area (Å²) in [5.41, 5.74) is 5.66. The lowest BCUT2D eigenvalue weighted by molar-refractivity contribution is -0.120. The number of aliphatic hydroxyl groups excluding tert-OH is 2. The van der Waals surface area contributed by atoms with Gasteiger partial charge in [-0.05, 0) is 42.8 Å². The highest BCUT2D eigenvalue weighted by atomic mass is 32.1. The van der Waals surface area contributed by atoms with Crippen LogP contribution in [0.15, 0.2) is 53.9 Å². The molecule has 0 aliphatic rings. The number of Topliss-reactive ketones (excluding diaryl/α,β-unsaturated/α-hetero) is 1. The molecule has 38 heavy (non-hydrogen) atoms. The fourth-order valence-electron chi connectivity index (χ4n) is 3.91. The number of phenolic OH excluding ortho intramolecular Hbond substituents is 1. The Morgan fingerprint density at radius 3 is 2.76 bits per heavy atom. The number of fused-ring (bicyclic) bond motifs is 1. The van der Waals surface area contributed by atoms with E-state index in [4.69, 9.17) is 9.47 Å². The third-order valence-electron chi connectivity index (χ3n) is 5.63.